The van der Waals surface area contributed by atoms with Crippen molar-refractivity contribution in [2.75, 3.05) is 52.9 Å². The monoisotopic (exact) mass is 1450 g/mol. The lowest BCUT2D eigenvalue weighted by Gasteiger charge is -2.60. The summed E-state index contributed by atoms with van der Waals surface area (Å²) in [5, 5.41) is 0. The van der Waals surface area contributed by atoms with Crippen molar-refractivity contribution in [3.8, 4) is 0 Å². The highest BCUT2D eigenvalue weighted by atomic mass is 28.6. The summed E-state index contributed by atoms with van der Waals surface area (Å²) < 4.78 is 146. The van der Waals surface area contributed by atoms with E-state index >= 15 is 0 Å². The molecule has 36 heteroatoms. The lowest BCUT2D eigenvalue weighted by atomic mass is 10.7. The van der Waals surface area contributed by atoms with Gasteiger partial charge in [-0.3, -0.25) is 0 Å². The van der Waals surface area contributed by atoms with Crippen molar-refractivity contribution >= 4 is 137 Å². The molecule has 0 spiro atoms. The second kappa shape index (κ2) is 28.8. The van der Waals surface area contributed by atoms with Crippen molar-refractivity contribution < 1.29 is 84.8 Å². The summed E-state index contributed by atoms with van der Waals surface area (Å²) in [5.41, 5.74) is 14.2. The van der Waals surface area contributed by atoms with Crippen molar-refractivity contribution in [1.29, 1.82) is 0 Å². The molecule has 20 nitrogen and oxygen atoms in total. The van der Waals surface area contributed by atoms with Crippen molar-refractivity contribution in [3.63, 3.8) is 0 Å². The molecule has 0 aliphatic carbocycles. The maximum atomic E-state index is 7.85. The average molecular weight is 1450 g/mol. The van der Waals surface area contributed by atoms with Crippen LogP contribution >= 0.6 is 0 Å². The van der Waals surface area contributed by atoms with Crippen LogP contribution in [-0.4, -0.2) is 190 Å². The van der Waals surface area contributed by atoms with Crippen LogP contribution in [0.25, 0.3) is 0 Å². The quantitative estimate of drug-likeness (QED) is 0.0579. The Labute approximate surface area is 522 Å². The maximum absolute atomic E-state index is 7.85. The van der Waals surface area contributed by atoms with Gasteiger partial charge in [0.05, 0.1) is 52.9 Å². The molecule has 0 saturated carbocycles. The first-order valence-corrected chi connectivity index (χ1v) is 70.8. The lowest BCUT2D eigenvalue weighted by molar-refractivity contribution is -0.00648. The van der Waals surface area contributed by atoms with Crippen molar-refractivity contribution in [2.45, 2.75) is 157 Å². The molecular formula is C48H104O20Si16. The number of hydrogen-bond donors (Lipinski definition) is 0. The molecule has 0 amide bonds. The Morgan fingerprint density at radius 2 is 0.262 bits per heavy atom. The van der Waals surface area contributed by atoms with Crippen LogP contribution in [0.15, 0.2) is 94.2 Å². The zero-order valence-corrected chi connectivity index (χ0v) is 71.1. The number of hydrogen-bond acceptors (Lipinski definition) is 20. The van der Waals surface area contributed by atoms with Crippen LogP contribution in [0.1, 0.15) is 0 Å². The molecule has 0 unspecified atom stereocenters. The van der Waals surface area contributed by atoms with Crippen molar-refractivity contribution in [1.82, 2.24) is 0 Å². The van der Waals surface area contributed by atoms with Gasteiger partial charge >= 0.3 is 70.4 Å². The van der Waals surface area contributed by atoms with Gasteiger partial charge in [0, 0.05) is 0 Å². The van der Waals surface area contributed by atoms with E-state index in [1.165, 1.54) is 0 Å². The highest BCUT2D eigenvalue weighted by molar-refractivity contribution is 7.08. The molecule has 6 saturated heterocycles. The van der Waals surface area contributed by atoms with E-state index in [-0.39, 0.29) is 52.9 Å². The molecule has 6 heterocycles. The Hall–Kier alpha value is 0.590. The predicted octanol–water partition coefficient (Wildman–Crippen LogP) is 11.3. The minimum absolute atomic E-state index is 0.190. The molecule has 6 aliphatic heterocycles. The molecule has 6 rings (SSSR count). The Kier molecular flexibility index (Phi) is 25.9. The third-order valence-corrected chi connectivity index (χ3v) is 51.6. The van der Waals surface area contributed by atoms with Crippen LogP contribution in [0.2, 0.25) is 157 Å². The lowest BCUT2D eigenvalue weighted by Crippen LogP contribution is -2.87. The van der Waals surface area contributed by atoms with Crippen molar-refractivity contribution in [3.05, 3.63) is 94.2 Å². The zero-order chi connectivity index (χ0) is 63.1. The van der Waals surface area contributed by atoms with Gasteiger partial charge < -0.3 is 84.8 Å². The predicted molar refractivity (Wildman–Crippen MR) is 367 cm³/mol. The van der Waals surface area contributed by atoms with Crippen LogP contribution in [0.3, 0.4) is 0 Å². The van der Waals surface area contributed by atoms with Gasteiger partial charge in [0.25, 0.3) is 0 Å². The standard InChI is InChI=1S/C48H104O20Si16/c1-69(2,3)49-33-25-41-77-57-78(42-26-34-50-70(4,5)6)60-81(45-29-37-53-73(13,14)15)62-79(58-77,43-27-35-51-71(7,8)9)64-83(47-31-39-55-75(19,20)21)65-80(59-77,44-28-36-52-72(10,11)12)63-82(61-78,46-30-38-54-74(16,17)18)67-84(66-81,68-83)48-32-40-56-76(22,23)24/h25-32,41-48H,33-40H2,1-24H3/b41-25+,42-26+,43-27+,44-28+,45-29+,46-30+,47-31+,48-32+. The third kappa shape index (κ3) is 26.3. The van der Waals surface area contributed by atoms with E-state index in [1.54, 1.807) is 45.6 Å². The van der Waals surface area contributed by atoms with E-state index in [9.17, 15) is 0 Å². The summed E-state index contributed by atoms with van der Waals surface area (Å²) in [4.78, 5) is 0. The highest BCUT2D eigenvalue weighted by Crippen LogP contribution is 2.50. The van der Waals surface area contributed by atoms with Gasteiger partial charge in [0.15, 0.2) is 66.5 Å². The minimum atomic E-state index is -4.71. The molecule has 84 heavy (non-hydrogen) atoms. The van der Waals surface area contributed by atoms with Gasteiger partial charge in [-0.1, -0.05) is 48.6 Å². The molecule has 0 aromatic carbocycles. The van der Waals surface area contributed by atoms with Gasteiger partial charge in [0.1, 0.15) is 0 Å². The molecule has 0 radical (unpaired) electrons. The van der Waals surface area contributed by atoms with Crippen molar-refractivity contribution in [2.24, 2.45) is 0 Å². The molecule has 0 aromatic heterocycles. The summed E-state index contributed by atoms with van der Waals surface area (Å²) in [6.07, 6.45) is 14.8. The fourth-order valence-electron chi connectivity index (χ4n) is 7.62. The summed E-state index contributed by atoms with van der Waals surface area (Å²) in [5.74, 6) is 0. The fourth-order valence-corrected chi connectivity index (χ4v) is 54.0. The normalized spacial score (nSPS) is 32.5. The molecule has 480 valence electrons. The first-order valence-electron chi connectivity index (χ1n) is 29.1. The fraction of sp³-hybridized carbons (Fsp3) is 0.667. The SMILES string of the molecule is C[Si](C)(C)OC/C=C/[Si]12O[Si]3(/C=C/CO[Si](C)(C)C)O[Si]4(/C=C/CO[Si](C)(C)C)O[Si](/C=C/CO[Si](C)(C)C)(O1)O[Si]1(/C=C/CO[Si](C)(C)C)O[Si](/C=C/CO[Si](C)(C)C)(O2)O[Si](/C=C/CO[Si](C)(C)C)(O3)O[Si](/C=C/CO[Si](C)(C)C)(O4)O1. The van der Waals surface area contributed by atoms with Gasteiger partial charge in [0.2, 0.25) is 0 Å². The van der Waals surface area contributed by atoms with E-state index in [0.717, 1.165) is 0 Å². The summed E-state index contributed by atoms with van der Waals surface area (Å²) in [6, 6.07) is 0. The van der Waals surface area contributed by atoms with Gasteiger partial charge in [-0.25, -0.2) is 0 Å². The Morgan fingerprint density at radius 1 is 0.179 bits per heavy atom. The molecule has 6 fully saturated rings. The maximum Gasteiger partial charge on any atom is 0.507 e. The van der Waals surface area contributed by atoms with E-state index in [1.807, 2.05) is 48.6 Å². The van der Waals surface area contributed by atoms with Crippen LogP contribution in [0, 0.1) is 0 Å². The first-order chi connectivity index (χ1) is 38.1. The van der Waals surface area contributed by atoms with Crippen LogP contribution < -0.4 is 0 Å². The Balaban J connectivity index is 2.07. The van der Waals surface area contributed by atoms with E-state index in [2.05, 4.69) is 157 Å². The second-order valence-electron chi connectivity index (χ2n) is 28.7. The summed E-state index contributed by atoms with van der Waals surface area (Å²) in [7, 11) is -54.4. The highest BCUT2D eigenvalue weighted by Gasteiger charge is 2.82. The zero-order valence-electron chi connectivity index (χ0n) is 55.1. The second-order valence-corrected chi connectivity index (χ2v) is 86.9. The first kappa shape index (κ1) is 75.3. The Bertz CT molecular complexity index is 1850. The molecule has 6 aliphatic rings. The molecular weight excluding hydrogens is 1350 g/mol. The van der Waals surface area contributed by atoms with Gasteiger partial charge in [-0.05, 0) is 203 Å². The Morgan fingerprint density at radius 3 is 0.333 bits per heavy atom. The summed E-state index contributed by atoms with van der Waals surface area (Å²) >= 11 is 0. The minimum Gasteiger partial charge on any atom is -0.414 e. The van der Waals surface area contributed by atoms with E-state index in [0.29, 0.717) is 0 Å². The van der Waals surface area contributed by atoms with Crippen LogP contribution in [-0.2, 0) is 84.8 Å². The van der Waals surface area contributed by atoms with Crippen LogP contribution in [0.5, 0.6) is 0 Å². The smallest absolute Gasteiger partial charge is 0.414 e. The van der Waals surface area contributed by atoms with E-state index in [4.69, 9.17) is 84.8 Å². The molecule has 0 N–H and O–H groups in total. The van der Waals surface area contributed by atoms with E-state index < -0.39 is 137 Å². The topological polar surface area (TPSA) is 185 Å². The average Bonchev–Trinajstić information content (AvgIpc) is 3.25. The van der Waals surface area contributed by atoms with Crippen LogP contribution in [0.4, 0.5) is 0 Å². The number of rotatable bonds is 32. The summed E-state index contributed by atoms with van der Waals surface area (Å²) in [6.45, 7) is 52.5. The molecule has 8 bridgehead atoms. The molecule has 0 atom stereocenters. The largest absolute Gasteiger partial charge is 0.507 e. The van der Waals surface area contributed by atoms with Gasteiger partial charge in [-0.2, -0.15) is 0 Å². The third-order valence-electron chi connectivity index (χ3n) is 10.9. The van der Waals surface area contributed by atoms with Gasteiger partial charge in [-0.15, -0.1) is 0 Å². The molecule has 0 aromatic rings.